The van der Waals surface area contributed by atoms with Crippen LogP contribution >= 0.6 is 11.3 Å². The lowest BCUT2D eigenvalue weighted by molar-refractivity contribution is -0.133. The van der Waals surface area contributed by atoms with Crippen LogP contribution in [0.1, 0.15) is 35.4 Å². The molecule has 1 heterocycles. The summed E-state index contributed by atoms with van der Waals surface area (Å²) in [5.41, 5.74) is 3.53. The predicted molar refractivity (Wildman–Crippen MR) is 132 cm³/mol. The lowest BCUT2D eigenvalue weighted by Gasteiger charge is -2.30. The molecule has 3 amide bonds. The van der Waals surface area contributed by atoms with Gasteiger partial charge in [0.1, 0.15) is 12.4 Å². The Morgan fingerprint density at radius 3 is 2.21 bits per heavy atom. The topological polar surface area (TPSA) is 52.7 Å². The fourth-order valence-electron chi connectivity index (χ4n) is 3.56. The first-order chi connectivity index (χ1) is 15.7. The molecule has 174 valence electrons. The van der Waals surface area contributed by atoms with Crippen LogP contribution in [0.2, 0.25) is 0 Å². The number of nitrogens with zero attached hydrogens (tertiary/aromatic N) is 2. The molecule has 3 rings (SSSR count). The number of benzene rings is 2. The monoisotopic (exact) mass is 467 g/mol. The summed E-state index contributed by atoms with van der Waals surface area (Å²) in [6.45, 7) is 8.38. The number of thiophene rings is 1. The first-order valence-corrected chi connectivity index (χ1v) is 11.8. The van der Waals surface area contributed by atoms with Crippen LogP contribution in [0.4, 0.5) is 14.9 Å². The number of carbonyl (C=O) groups excluding carboxylic acids is 2. The highest BCUT2D eigenvalue weighted by atomic mass is 32.1. The number of para-hydroxylation sites is 1. The second-order valence-corrected chi connectivity index (χ2v) is 9.41. The van der Waals surface area contributed by atoms with Crippen LogP contribution in [-0.4, -0.2) is 34.3 Å². The summed E-state index contributed by atoms with van der Waals surface area (Å²) >= 11 is 1.57. The smallest absolute Gasteiger partial charge is 0.322 e. The minimum atomic E-state index is -0.316. The Kier molecular flexibility index (Phi) is 8.22. The summed E-state index contributed by atoms with van der Waals surface area (Å²) in [6, 6.07) is 15.4. The normalized spacial score (nSPS) is 10.8. The Hall–Kier alpha value is -3.19. The summed E-state index contributed by atoms with van der Waals surface area (Å²) in [5, 5.41) is 4.95. The van der Waals surface area contributed by atoms with Crippen molar-refractivity contribution >= 4 is 29.0 Å². The average Bonchev–Trinajstić information content (AvgIpc) is 3.28. The summed E-state index contributed by atoms with van der Waals surface area (Å²) < 4.78 is 13.3. The molecule has 0 radical (unpaired) electrons. The minimum Gasteiger partial charge on any atom is -0.332 e. The molecule has 0 unspecified atom stereocenters. The highest BCUT2D eigenvalue weighted by Crippen LogP contribution is 2.21. The van der Waals surface area contributed by atoms with Gasteiger partial charge < -0.3 is 15.1 Å². The highest BCUT2D eigenvalue weighted by molar-refractivity contribution is 7.09. The molecule has 0 atom stereocenters. The molecule has 7 heteroatoms. The zero-order valence-electron chi connectivity index (χ0n) is 19.5. The van der Waals surface area contributed by atoms with Crippen molar-refractivity contribution in [3.8, 4) is 0 Å². The summed E-state index contributed by atoms with van der Waals surface area (Å²) in [6.07, 6.45) is 0. The fourth-order valence-corrected chi connectivity index (χ4v) is 4.28. The zero-order chi connectivity index (χ0) is 24.0. The molecular weight excluding hydrogens is 437 g/mol. The largest absolute Gasteiger partial charge is 0.332 e. The maximum atomic E-state index is 13.4. The number of nitrogens with one attached hydrogen (secondary N) is 1. The van der Waals surface area contributed by atoms with Gasteiger partial charge in [-0.2, -0.15) is 0 Å². The molecule has 5 nitrogen and oxygen atoms in total. The van der Waals surface area contributed by atoms with Gasteiger partial charge >= 0.3 is 6.03 Å². The SMILES string of the molecule is Cc1cccc(C)c1NC(=O)N(CC(=O)N(Cc1ccc(F)cc1)Cc1cccs1)C(C)C. The third kappa shape index (κ3) is 6.65. The number of hydrogen-bond donors (Lipinski definition) is 1. The standard InChI is InChI=1S/C26H30FN3O2S/c1-18(2)30(26(32)28-25-19(3)7-5-8-20(25)4)17-24(31)29(16-23-9-6-14-33-23)15-21-10-12-22(27)13-11-21/h5-14,18H,15-17H2,1-4H3,(H,28,32). The predicted octanol–water partition coefficient (Wildman–Crippen LogP) is 5.98. The molecule has 3 aromatic rings. The summed E-state index contributed by atoms with van der Waals surface area (Å²) in [7, 11) is 0. The van der Waals surface area contributed by atoms with Crippen LogP contribution in [0.3, 0.4) is 0 Å². The third-order valence-corrected chi connectivity index (χ3v) is 6.33. The van der Waals surface area contributed by atoms with E-state index in [1.165, 1.54) is 12.1 Å². The van der Waals surface area contributed by atoms with Gasteiger partial charge in [0, 0.05) is 23.2 Å². The van der Waals surface area contributed by atoms with Crippen LogP contribution in [0, 0.1) is 19.7 Å². The summed E-state index contributed by atoms with van der Waals surface area (Å²) in [5.74, 6) is -0.484. The first kappa shape index (κ1) is 24.5. The van der Waals surface area contributed by atoms with Gasteiger partial charge in [-0.15, -0.1) is 11.3 Å². The number of carbonyl (C=O) groups is 2. The molecule has 0 aliphatic rings. The van der Waals surface area contributed by atoms with Crippen molar-refractivity contribution in [3.63, 3.8) is 0 Å². The van der Waals surface area contributed by atoms with E-state index >= 15 is 0 Å². The van der Waals surface area contributed by atoms with Gasteiger partial charge in [-0.25, -0.2) is 9.18 Å². The zero-order valence-corrected chi connectivity index (χ0v) is 20.3. The van der Waals surface area contributed by atoms with Crippen molar-refractivity contribution in [2.24, 2.45) is 0 Å². The number of urea groups is 1. The van der Waals surface area contributed by atoms with Gasteiger partial charge in [0.2, 0.25) is 5.91 Å². The molecule has 0 saturated heterocycles. The molecule has 0 saturated carbocycles. The Bertz CT molecular complexity index is 1060. The summed E-state index contributed by atoms with van der Waals surface area (Å²) in [4.78, 5) is 30.8. The molecule has 33 heavy (non-hydrogen) atoms. The minimum absolute atomic E-state index is 0.0546. The number of anilines is 1. The number of halogens is 1. The molecule has 0 bridgehead atoms. The maximum absolute atomic E-state index is 13.4. The second kappa shape index (κ2) is 11.1. The Balaban J connectivity index is 1.77. The molecule has 1 aromatic heterocycles. The van der Waals surface area contributed by atoms with Gasteiger partial charge in [0.15, 0.2) is 0 Å². The lowest BCUT2D eigenvalue weighted by atomic mass is 10.1. The van der Waals surface area contributed by atoms with E-state index in [2.05, 4.69) is 5.32 Å². The number of amides is 3. The average molecular weight is 468 g/mol. The maximum Gasteiger partial charge on any atom is 0.322 e. The first-order valence-electron chi connectivity index (χ1n) is 10.9. The fraction of sp³-hybridized carbons (Fsp3) is 0.308. The van der Waals surface area contributed by atoms with Crippen molar-refractivity contribution < 1.29 is 14.0 Å². The quantitative estimate of drug-likeness (QED) is 0.443. The Labute approximate surface area is 198 Å². The van der Waals surface area contributed by atoms with E-state index in [4.69, 9.17) is 0 Å². The van der Waals surface area contributed by atoms with E-state index < -0.39 is 0 Å². The van der Waals surface area contributed by atoms with Crippen LogP contribution in [0.15, 0.2) is 60.0 Å². The van der Waals surface area contributed by atoms with Crippen LogP contribution in [0.5, 0.6) is 0 Å². The van der Waals surface area contributed by atoms with E-state index in [0.717, 1.165) is 27.3 Å². The van der Waals surface area contributed by atoms with E-state index in [0.29, 0.717) is 13.1 Å². The van der Waals surface area contributed by atoms with E-state index in [-0.39, 0.29) is 30.3 Å². The Morgan fingerprint density at radius 2 is 1.64 bits per heavy atom. The van der Waals surface area contributed by atoms with Crippen LogP contribution in [-0.2, 0) is 17.9 Å². The van der Waals surface area contributed by atoms with Crippen molar-refractivity contribution in [3.05, 3.63) is 87.4 Å². The molecule has 0 fully saturated rings. The van der Waals surface area contributed by atoms with E-state index in [1.807, 2.05) is 63.4 Å². The van der Waals surface area contributed by atoms with Crippen molar-refractivity contribution in [1.29, 1.82) is 0 Å². The second-order valence-electron chi connectivity index (χ2n) is 8.37. The number of aryl methyl sites for hydroxylation is 2. The van der Waals surface area contributed by atoms with Gasteiger partial charge in [-0.3, -0.25) is 4.79 Å². The van der Waals surface area contributed by atoms with E-state index in [9.17, 15) is 14.0 Å². The molecule has 1 N–H and O–H groups in total. The number of rotatable bonds is 8. The van der Waals surface area contributed by atoms with Crippen molar-refractivity contribution in [1.82, 2.24) is 9.80 Å². The van der Waals surface area contributed by atoms with Crippen molar-refractivity contribution in [2.75, 3.05) is 11.9 Å². The number of hydrogen-bond acceptors (Lipinski definition) is 3. The van der Waals surface area contributed by atoms with Crippen LogP contribution < -0.4 is 5.32 Å². The van der Waals surface area contributed by atoms with Crippen LogP contribution in [0.25, 0.3) is 0 Å². The molecular formula is C26H30FN3O2S. The van der Waals surface area contributed by atoms with Gasteiger partial charge in [-0.1, -0.05) is 36.4 Å². The van der Waals surface area contributed by atoms with Gasteiger partial charge in [0.25, 0.3) is 0 Å². The molecule has 0 aliphatic heterocycles. The van der Waals surface area contributed by atoms with Gasteiger partial charge in [-0.05, 0) is 68.0 Å². The highest BCUT2D eigenvalue weighted by Gasteiger charge is 2.25. The van der Waals surface area contributed by atoms with Gasteiger partial charge in [0.05, 0.1) is 6.54 Å². The third-order valence-electron chi connectivity index (χ3n) is 5.47. The van der Waals surface area contributed by atoms with Crippen molar-refractivity contribution in [2.45, 2.75) is 46.8 Å². The molecule has 0 spiro atoms. The lowest BCUT2D eigenvalue weighted by Crippen LogP contribution is -2.47. The molecule has 0 aliphatic carbocycles. The Morgan fingerprint density at radius 1 is 0.970 bits per heavy atom. The van der Waals surface area contributed by atoms with E-state index in [1.54, 1.807) is 33.3 Å². The molecule has 2 aromatic carbocycles.